The summed E-state index contributed by atoms with van der Waals surface area (Å²) in [4.78, 5) is 0. The highest BCUT2D eigenvalue weighted by molar-refractivity contribution is 6.31. The van der Waals surface area contributed by atoms with Gasteiger partial charge in [-0.1, -0.05) is 55.3 Å². The lowest BCUT2D eigenvalue weighted by Crippen LogP contribution is -2.22. The molecule has 1 aliphatic rings. The molecule has 0 fully saturated rings. The third kappa shape index (κ3) is 4.35. The number of ether oxygens (including phenoxy) is 3. The number of allylic oxidation sites excluding steroid dienone is 1. The Hall–Kier alpha value is -3.63. The molecule has 0 aliphatic carbocycles. The Balaban J connectivity index is 1.86. The van der Waals surface area contributed by atoms with E-state index >= 15 is 0 Å². The topological polar surface area (TPSA) is 106 Å². The minimum atomic E-state index is -0.513. The van der Waals surface area contributed by atoms with E-state index in [0.29, 0.717) is 34.6 Å². The van der Waals surface area contributed by atoms with E-state index in [1.165, 1.54) is 0 Å². The minimum absolute atomic E-state index is 0.0309. The molecular formula is C25H25ClN4O3. The highest BCUT2D eigenvalue weighted by Crippen LogP contribution is 2.48. The van der Waals surface area contributed by atoms with Crippen LogP contribution in [0, 0.1) is 11.3 Å². The second kappa shape index (κ2) is 9.88. The molecule has 1 atom stereocenters. The average Bonchev–Trinajstić information content (AvgIpc) is 3.20. The molecule has 3 N–H and O–H groups in total. The van der Waals surface area contributed by atoms with Gasteiger partial charge in [0.2, 0.25) is 11.8 Å². The van der Waals surface area contributed by atoms with Crippen LogP contribution >= 0.6 is 11.6 Å². The van der Waals surface area contributed by atoms with Crippen LogP contribution in [-0.4, -0.2) is 16.8 Å². The van der Waals surface area contributed by atoms with Crippen molar-refractivity contribution in [3.63, 3.8) is 0 Å². The lowest BCUT2D eigenvalue weighted by molar-refractivity contribution is 0.266. The van der Waals surface area contributed by atoms with Crippen molar-refractivity contribution in [1.82, 2.24) is 10.2 Å². The number of rotatable bonds is 8. The molecule has 0 saturated carbocycles. The molecule has 0 amide bonds. The SMILES string of the molecule is CCCc1[nH]nc2c1C(c1cccc(OCC)c1OCc1ccccc1Cl)C(C#N)=C(N)O2. The van der Waals surface area contributed by atoms with Gasteiger partial charge >= 0.3 is 0 Å². The number of halogens is 1. The number of nitrogens with two attached hydrogens (primary N) is 1. The van der Waals surface area contributed by atoms with Gasteiger partial charge in [0.15, 0.2) is 11.5 Å². The summed E-state index contributed by atoms with van der Waals surface area (Å²) >= 11 is 6.35. The highest BCUT2D eigenvalue weighted by atomic mass is 35.5. The van der Waals surface area contributed by atoms with Crippen LogP contribution in [0.15, 0.2) is 53.9 Å². The third-order valence-corrected chi connectivity index (χ3v) is 5.84. The van der Waals surface area contributed by atoms with Crippen molar-refractivity contribution >= 4 is 11.6 Å². The first-order valence-corrected chi connectivity index (χ1v) is 11.2. The molecular weight excluding hydrogens is 440 g/mol. The normalized spacial score (nSPS) is 14.9. The largest absolute Gasteiger partial charge is 0.490 e. The molecule has 3 aromatic rings. The fourth-order valence-electron chi connectivity index (χ4n) is 4.01. The maximum Gasteiger partial charge on any atom is 0.244 e. The molecule has 8 heteroatoms. The van der Waals surface area contributed by atoms with Crippen molar-refractivity contribution in [1.29, 1.82) is 5.26 Å². The molecule has 2 heterocycles. The number of hydrogen-bond donors (Lipinski definition) is 2. The van der Waals surface area contributed by atoms with E-state index in [4.69, 9.17) is 31.5 Å². The molecule has 7 nitrogen and oxygen atoms in total. The maximum atomic E-state index is 10.00. The molecule has 1 aliphatic heterocycles. The van der Waals surface area contributed by atoms with Crippen LogP contribution < -0.4 is 19.9 Å². The number of hydrogen-bond acceptors (Lipinski definition) is 6. The second-order valence-corrected chi connectivity index (χ2v) is 7.99. The van der Waals surface area contributed by atoms with Gasteiger partial charge in [-0.05, 0) is 25.5 Å². The summed E-state index contributed by atoms with van der Waals surface area (Å²) in [7, 11) is 0. The van der Waals surface area contributed by atoms with Gasteiger partial charge in [-0.25, -0.2) is 0 Å². The molecule has 0 radical (unpaired) electrons. The average molecular weight is 465 g/mol. The quantitative estimate of drug-likeness (QED) is 0.473. The van der Waals surface area contributed by atoms with Gasteiger partial charge in [-0.3, -0.25) is 5.10 Å². The van der Waals surface area contributed by atoms with Crippen LogP contribution in [0.3, 0.4) is 0 Å². The van der Waals surface area contributed by atoms with E-state index in [-0.39, 0.29) is 12.5 Å². The van der Waals surface area contributed by atoms with Crippen LogP contribution in [0.1, 0.15) is 48.6 Å². The number of H-pyrrole nitrogens is 1. The van der Waals surface area contributed by atoms with Crippen molar-refractivity contribution in [2.45, 2.75) is 39.2 Å². The van der Waals surface area contributed by atoms with Crippen LogP contribution in [-0.2, 0) is 13.0 Å². The standard InChI is InChI=1S/C25H25ClN4O3/c1-3-8-19-22-21(17(13-27)24(28)33-25(22)30-29-19)16-10-7-12-20(31-4-2)23(16)32-14-15-9-5-6-11-18(15)26/h5-7,9-12,21H,3-4,8,14,28H2,1-2H3,(H,29,30). The third-order valence-electron chi connectivity index (χ3n) is 5.47. The van der Waals surface area contributed by atoms with E-state index in [1.807, 2.05) is 49.4 Å². The smallest absolute Gasteiger partial charge is 0.244 e. The summed E-state index contributed by atoms with van der Waals surface area (Å²) in [6, 6.07) is 15.4. The monoisotopic (exact) mass is 464 g/mol. The number of para-hydroxylation sites is 1. The minimum Gasteiger partial charge on any atom is -0.490 e. The predicted octanol–water partition coefficient (Wildman–Crippen LogP) is 5.21. The van der Waals surface area contributed by atoms with Gasteiger partial charge in [0.05, 0.1) is 18.1 Å². The van der Waals surface area contributed by atoms with E-state index in [1.54, 1.807) is 0 Å². The van der Waals surface area contributed by atoms with Crippen LogP contribution in [0.25, 0.3) is 0 Å². The lowest BCUT2D eigenvalue weighted by atomic mass is 9.83. The van der Waals surface area contributed by atoms with Crippen molar-refractivity contribution in [2.24, 2.45) is 5.73 Å². The van der Waals surface area contributed by atoms with E-state index < -0.39 is 5.92 Å². The summed E-state index contributed by atoms with van der Waals surface area (Å²) in [5.41, 5.74) is 9.72. The van der Waals surface area contributed by atoms with Crippen LogP contribution in [0.5, 0.6) is 17.4 Å². The predicted molar refractivity (Wildman–Crippen MR) is 125 cm³/mol. The van der Waals surface area contributed by atoms with E-state index in [0.717, 1.165) is 35.2 Å². The van der Waals surface area contributed by atoms with E-state index in [9.17, 15) is 5.26 Å². The number of aromatic nitrogens is 2. The number of aromatic amines is 1. The molecule has 2 aromatic carbocycles. The molecule has 1 aromatic heterocycles. The number of fused-ring (bicyclic) bond motifs is 1. The fraction of sp³-hybridized carbons (Fsp3) is 0.280. The molecule has 1 unspecified atom stereocenters. The van der Waals surface area contributed by atoms with Crippen molar-refractivity contribution in [3.05, 3.63) is 81.3 Å². The first-order chi connectivity index (χ1) is 16.1. The van der Waals surface area contributed by atoms with Gasteiger partial charge in [-0.15, -0.1) is 5.10 Å². The number of nitrogens with one attached hydrogen (secondary N) is 1. The van der Waals surface area contributed by atoms with Gasteiger partial charge < -0.3 is 19.9 Å². The Kier molecular flexibility index (Phi) is 6.76. The molecule has 0 spiro atoms. The molecule has 170 valence electrons. The van der Waals surface area contributed by atoms with Gasteiger partial charge in [0.25, 0.3) is 0 Å². The van der Waals surface area contributed by atoms with Crippen molar-refractivity contribution in [3.8, 4) is 23.4 Å². The number of benzene rings is 2. The summed E-state index contributed by atoms with van der Waals surface area (Å²) in [6.07, 6.45) is 1.65. The van der Waals surface area contributed by atoms with Crippen LogP contribution in [0.4, 0.5) is 0 Å². The summed E-state index contributed by atoms with van der Waals surface area (Å²) in [6.45, 7) is 4.68. The first-order valence-electron chi connectivity index (χ1n) is 10.9. The summed E-state index contributed by atoms with van der Waals surface area (Å²) in [5, 5.41) is 18.0. The number of nitriles is 1. The van der Waals surface area contributed by atoms with Gasteiger partial charge in [0.1, 0.15) is 18.2 Å². The van der Waals surface area contributed by atoms with Gasteiger partial charge in [-0.2, -0.15) is 5.26 Å². The van der Waals surface area contributed by atoms with Crippen LogP contribution in [0.2, 0.25) is 5.02 Å². The molecule has 4 rings (SSSR count). The first kappa shape index (κ1) is 22.6. The van der Waals surface area contributed by atoms with Crippen molar-refractivity contribution in [2.75, 3.05) is 6.61 Å². The molecule has 0 bridgehead atoms. The summed E-state index contributed by atoms with van der Waals surface area (Å²) < 4.78 is 17.9. The second-order valence-electron chi connectivity index (χ2n) is 7.58. The zero-order valence-corrected chi connectivity index (χ0v) is 19.3. The van der Waals surface area contributed by atoms with Crippen molar-refractivity contribution < 1.29 is 14.2 Å². The maximum absolute atomic E-state index is 10.00. The Bertz CT molecular complexity index is 1230. The highest BCUT2D eigenvalue weighted by Gasteiger charge is 2.37. The van der Waals surface area contributed by atoms with E-state index in [2.05, 4.69) is 23.2 Å². The lowest BCUT2D eigenvalue weighted by Gasteiger charge is -2.26. The Morgan fingerprint density at radius 3 is 2.73 bits per heavy atom. The van der Waals surface area contributed by atoms with Gasteiger partial charge in [0, 0.05) is 21.8 Å². The number of aryl methyl sites for hydroxylation is 1. The molecule has 33 heavy (non-hydrogen) atoms. The summed E-state index contributed by atoms with van der Waals surface area (Å²) in [5.74, 6) is 0.996. The zero-order valence-electron chi connectivity index (χ0n) is 18.5. The Morgan fingerprint density at radius 2 is 2.00 bits per heavy atom. The zero-order chi connectivity index (χ0) is 23.4. The Morgan fingerprint density at radius 1 is 1.18 bits per heavy atom. The number of nitrogens with zero attached hydrogens (tertiary/aromatic N) is 2. The Labute approximate surface area is 197 Å². The molecule has 0 saturated heterocycles. The fourth-order valence-corrected chi connectivity index (χ4v) is 4.20.